The van der Waals surface area contributed by atoms with Gasteiger partial charge in [-0.1, -0.05) is 11.6 Å². The third-order valence-corrected chi connectivity index (χ3v) is 4.28. The standard InChI is InChI=1S/C18H24ClN5O3.ClH/c1-10-7-11(2)24(23-10)12(3)17(25)22-16-6-5-13(8-14(16)19)21-18(26)15(20)9-27-4;/h5-8,12,15H,9,20H2,1-4H3,(H,21,26)(H,22,25);1H. The number of anilines is 2. The van der Waals surface area contributed by atoms with Gasteiger partial charge in [0.05, 0.1) is 23.0 Å². The van der Waals surface area contributed by atoms with Crippen molar-refractivity contribution in [1.82, 2.24) is 9.78 Å². The molecule has 28 heavy (non-hydrogen) atoms. The first-order chi connectivity index (χ1) is 12.7. The van der Waals surface area contributed by atoms with Gasteiger partial charge in [0.15, 0.2) is 0 Å². The summed E-state index contributed by atoms with van der Waals surface area (Å²) >= 11 is 6.24. The van der Waals surface area contributed by atoms with Gasteiger partial charge in [-0.2, -0.15) is 5.10 Å². The first-order valence-electron chi connectivity index (χ1n) is 8.41. The normalized spacial score (nSPS) is 12.6. The maximum atomic E-state index is 12.5. The minimum atomic E-state index is -0.783. The second kappa shape index (κ2) is 10.4. The average Bonchev–Trinajstić information content (AvgIpc) is 2.94. The van der Waals surface area contributed by atoms with Crippen molar-refractivity contribution >= 4 is 47.2 Å². The van der Waals surface area contributed by atoms with Crippen molar-refractivity contribution in [3.63, 3.8) is 0 Å². The highest BCUT2D eigenvalue weighted by Crippen LogP contribution is 2.26. The summed E-state index contributed by atoms with van der Waals surface area (Å²) in [6.45, 7) is 5.63. The molecule has 0 saturated carbocycles. The molecule has 0 spiro atoms. The number of methoxy groups -OCH3 is 1. The van der Waals surface area contributed by atoms with Gasteiger partial charge in [0, 0.05) is 18.5 Å². The zero-order valence-electron chi connectivity index (χ0n) is 16.2. The van der Waals surface area contributed by atoms with Gasteiger partial charge in [-0.15, -0.1) is 12.4 Å². The largest absolute Gasteiger partial charge is 0.383 e. The lowest BCUT2D eigenvalue weighted by Crippen LogP contribution is -2.39. The van der Waals surface area contributed by atoms with Crippen LogP contribution in [0.3, 0.4) is 0 Å². The lowest BCUT2D eigenvalue weighted by atomic mass is 10.2. The number of hydrogen-bond acceptors (Lipinski definition) is 5. The molecule has 0 saturated heterocycles. The van der Waals surface area contributed by atoms with Crippen molar-refractivity contribution in [3.05, 3.63) is 40.7 Å². The van der Waals surface area contributed by atoms with Gasteiger partial charge in [-0.25, -0.2) is 0 Å². The summed E-state index contributed by atoms with van der Waals surface area (Å²) in [5, 5.41) is 10.1. The number of aromatic nitrogens is 2. The summed E-state index contributed by atoms with van der Waals surface area (Å²) in [5.74, 6) is -0.634. The number of nitrogens with one attached hydrogen (secondary N) is 2. The number of hydrogen-bond donors (Lipinski definition) is 3. The average molecular weight is 430 g/mol. The van der Waals surface area contributed by atoms with Gasteiger partial charge < -0.3 is 21.1 Å². The monoisotopic (exact) mass is 429 g/mol. The van der Waals surface area contributed by atoms with E-state index in [2.05, 4.69) is 15.7 Å². The Bertz CT molecular complexity index is 841. The highest BCUT2D eigenvalue weighted by Gasteiger charge is 2.19. The molecule has 0 aliphatic rings. The number of benzene rings is 1. The van der Waals surface area contributed by atoms with E-state index in [-0.39, 0.29) is 30.8 Å². The Labute approximate surface area is 175 Å². The number of carbonyl (C=O) groups excluding carboxylic acids is 2. The molecule has 0 fully saturated rings. The first-order valence-corrected chi connectivity index (χ1v) is 8.79. The molecule has 154 valence electrons. The minimum absolute atomic E-state index is 0. The van der Waals surface area contributed by atoms with Gasteiger partial charge in [-0.3, -0.25) is 14.3 Å². The number of aryl methyl sites for hydroxylation is 2. The molecule has 0 bridgehead atoms. The van der Waals surface area contributed by atoms with Crippen LogP contribution in [0.1, 0.15) is 24.4 Å². The molecule has 8 nitrogen and oxygen atoms in total. The van der Waals surface area contributed by atoms with Gasteiger partial charge in [-0.05, 0) is 45.0 Å². The Morgan fingerprint density at radius 1 is 1.25 bits per heavy atom. The third kappa shape index (κ3) is 5.93. The zero-order chi connectivity index (χ0) is 20.1. The van der Waals surface area contributed by atoms with E-state index < -0.39 is 12.1 Å². The second-order valence-electron chi connectivity index (χ2n) is 6.28. The molecule has 10 heteroatoms. The lowest BCUT2D eigenvalue weighted by molar-refractivity contribution is -0.119. The zero-order valence-corrected chi connectivity index (χ0v) is 17.7. The maximum Gasteiger partial charge on any atom is 0.248 e. The summed E-state index contributed by atoms with van der Waals surface area (Å²) in [6, 6.07) is 5.42. The number of amides is 2. The van der Waals surface area contributed by atoms with E-state index in [4.69, 9.17) is 22.1 Å². The number of ether oxygens (including phenoxy) is 1. The van der Waals surface area contributed by atoms with Crippen molar-refractivity contribution in [2.75, 3.05) is 24.4 Å². The van der Waals surface area contributed by atoms with Crippen LogP contribution in [-0.4, -0.2) is 41.4 Å². The fraction of sp³-hybridized carbons (Fsp3) is 0.389. The number of nitrogens with zero attached hydrogens (tertiary/aromatic N) is 2. The maximum absolute atomic E-state index is 12.5. The Morgan fingerprint density at radius 3 is 2.46 bits per heavy atom. The van der Waals surface area contributed by atoms with Crippen LogP contribution in [0.4, 0.5) is 11.4 Å². The predicted molar refractivity (Wildman–Crippen MR) is 112 cm³/mol. The van der Waals surface area contributed by atoms with Crippen molar-refractivity contribution in [3.8, 4) is 0 Å². The molecule has 0 aliphatic heterocycles. The molecule has 2 unspecified atom stereocenters. The molecular formula is C18H25Cl2N5O3. The van der Waals surface area contributed by atoms with E-state index in [1.807, 2.05) is 19.9 Å². The fourth-order valence-electron chi connectivity index (χ4n) is 2.57. The lowest BCUT2D eigenvalue weighted by Gasteiger charge is -2.16. The van der Waals surface area contributed by atoms with Crippen LogP contribution < -0.4 is 16.4 Å². The van der Waals surface area contributed by atoms with E-state index in [0.717, 1.165) is 11.4 Å². The van der Waals surface area contributed by atoms with Gasteiger partial charge >= 0.3 is 0 Å². The smallest absolute Gasteiger partial charge is 0.248 e. The number of nitrogens with two attached hydrogens (primary N) is 1. The third-order valence-electron chi connectivity index (χ3n) is 3.97. The van der Waals surface area contributed by atoms with Crippen molar-refractivity contribution in [2.24, 2.45) is 5.73 Å². The highest BCUT2D eigenvalue weighted by atomic mass is 35.5. The highest BCUT2D eigenvalue weighted by molar-refractivity contribution is 6.34. The molecular weight excluding hydrogens is 405 g/mol. The van der Waals surface area contributed by atoms with Crippen LogP contribution in [0.25, 0.3) is 0 Å². The molecule has 2 amide bonds. The van der Waals surface area contributed by atoms with Crippen LogP contribution >= 0.6 is 24.0 Å². The molecule has 2 rings (SSSR count). The van der Waals surface area contributed by atoms with Crippen LogP contribution in [-0.2, 0) is 14.3 Å². The van der Waals surface area contributed by atoms with Crippen LogP contribution in [0.5, 0.6) is 0 Å². The summed E-state index contributed by atoms with van der Waals surface area (Å²) in [4.78, 5) is 24.4. The van der Waals surface area contributed by atoms with Crippen molar-refractivity contribution in [1.29, 1.82) is 0 Å². The summed E-state index contributed by atoms with van der Waals surface area (Å²) in [5.41, 5.74) is 8.33. The first kappa shape index (κ1) is 23.9. The SMILES string of the molecule is COCC(N)C(=O)Nc1ccc(NC(=O)C(C)n2nc(C)cc2C)c(Cl)c1.Cl. The van der Waals surface area contributed by atoms with E-state index >= 15 is 0 Å². The van der Waals surface area contributed by atoms with E-state index in [1.165, 1.54) is 7.11 Å². The van der Waals surface area contributed by atoms with Crippen LogP contribution in [0.2, 0.25) is 5.02 Å². The molecule has 1 aromatic carbocycles. The topological polar surface area (TPSA) is 111 Å². The van der Waals surface area contributed by atoms with Gasteiger partial charge in [0.25, 0.3) is 0 Å². The Morgan fingerprint density at radius 2 is 1.93 bits per heavy atom. The molecule has 1 aromatic heterocycles. The second-order valence-corrected chi connectivity index (χ2v) is 6.69. The molecule has 0 radical (unpaired) electrons. The van der Waals surface area contributed by atoms with Crippen molar-refractivity contribution in [2.45, 2.75) is 32.9 Å². The summed E-state index contributed by atoms with van der Waals surface area (Å²) < 4.78 is 6.51. The molecule has 2 atom stereocenters. The molecule has 2 aromatic rings. The van der Waals surface area contributed by atoms with E-state index in [0.29, 0.717) is 16.4 Å². The van der Waals surface area contributed by atoms with E-state index in [1.54, 1.807) is 29.8 Å². The quantitative estimate of drug-likeness (QED) is 0.626. The summed E-state index contributed by atoms with van der Waals surface area (Å²) in [7, 11) is 1.47. The molecule has 0 aliphatic carbocycles. The van der Waals surface area contributed by atoms with Crippen LogP contribution in [0, 0.1) is 13.8 Å². The predicted octanol–water partition coefficient (Wildman–Crippen LogP) is 2.69. The number of rotatable bonds is 7. The Balaban J connectivity index is 0.00000392. The van der Waals surface area contributed by atoms with Crippen molar-refractivity contribution < 1.29 is 14.3 Å². The van der Waals surface area contributed by atoms with Gasteiger partial charge in [0.2, 0.25) is 11.8 Å². The fourth-order valence-corrected chi connectivity index (χ4v) is 2.80. The van der Waals surface area contributed by atoms with E-state index in [9.17, 15) is 9.59 Å². The Hall–Kier alpha value is -2.13. The van der Waals surface area contributed by atoms with Crippen LogP contribution in [0.15, 0.2) is 24.3 Å². The van der Waals surface area contributed by atoms with Gasteiger partial charge in [0.1, 0.15) is 12.1 Å². The number of halogens is 2. The summed E-state index contributed by atoms with van der Waals surface area (Å²) in [6.07, 6.45) is 0. The Kier molecular flexibility index (Phi) is 8.90. The number of carbonyl (C=O) groups is 2. The molecule has 4 N–H and O–H groups in total. The minimum Gasteiger partial charge on any atom is -0.383 e. The molecule has 1 heterocycles.